The van der Waals surface area contributed by atoms with E-state index in [0.29, 0.717) is 60.0 Å². The van der Waals surface area contributed by atoms with E-state index in [2.05, 4.69) is 52.2 Å². The Morgan fingerprint density at radius 1 is 0.950 bits per heavy atom. The van der Waals surface area contributed by atoms with Crippen molar-refractivity contribution >= 4 is 75.2 Å². The molecule has 17 nitrogen and oxygen atoms in total. The van der Waals surface area contributed by atoms with Crippen molar-refractivity contribution in [1.82, 2.24) is 35.6 Å². The molecule has 3 aromatic heterocycles. The van der Waals surface area contributed by atoms with E-state index in [1.165, 1.54) is 22.3 Å². The van der Waals surface area contributed by atoms with E-state index in [4.69, 9.17) is 23.3 Å². The van der Waals surface area contributed by atoms with Gasteiger partial charge in [-0.25, -0.2) is 14.8 Å². The number of aliphatic hydroxyl groups excluding tert-OH is 1. The lowest BCUT2D eigenvalue weighted by Gasteiger charge is -2.35. The molecule has 4 amide bonds. The molecule has 0 saturated carbocycles. The lowest BCUT2D eigenvalue weighted by Crippen LogP contribution is -2.51. The number of pyridine rings is 1. The number of hydrogen-bond acceptors (Lipinski definition) is 13. The van der Waals surface area contributed by atoms with Crippen molar-refractivity contribution in [2.75, 3.05) is 54.1 Å². The zero-order valence-electron chi connectivity index (χ0n) is 44.7. The number of piperazine rings is 1. The van der Waals surface area contributed by atoms with E-state index < -0.39 is 58.9 Å². The highest BCUT2D eigenvalue weighted by Gasteiger charge is 2.51. The van der Waals surface area contributed by atoms with Gasteiger partial charge in [-0.15, -0.1) is 11.3 Å². The molecule has 3 aliphatic rings. The van der Waals surface area contributed by atoms with Gasteiger partial charge in [-0.05, 0) is 105 Å². The van der Waals surface area contributed by atoms with Crippen LogP contribution in [0.2, 0.25) is 0 Å². The minimum Gasteiger partial charge on any atom is -0.391 e. The van der Waals surface area contributed by atoms with Crippen molar-refractivity contribution in [2.45, 2.75) is 90.2 Å². The molecule has 0 aliphatic carbocycles. The minimum absolute atomic E-state index is 0.00493. The summed E-state index contributed by atoms with van der Waals surface area (Å²) < 4.78 is 47.0. The third-order valence-electron chi connectivity index (χ3n) is 14.5. The Labute approximate surface area is 470 Å². The average molecular weight is 1130 g/mol. The van der Waals surface area contributed by atoms with Crippen LogP contribution in [0.5, 0.6) is 0 Å². The fraction of sp³-hybridized carbons (Fsp3) is 0.362. The Balaban J connectivity index is 0.794. The molecular formula is C58H58F3N11O6S2. The number of nitrogens with zero attached hydrogens (tertiary/aromatic N) is 9. The second-order valence-corrected chi connectivity index (χ2v) is 22.1. The zero-order valence-corrected chi connectivity index (χ0v) is 46.4. The maximum Gasteiger partial charge on any atom is 0.407 e. The Morgan fingerprint density at radius 3 is 2.25 bits per heavy atom. The summed E-state index contributed by atoms with van der Waals surface area (Å²) in [6, 6.07) is 21.5. The Hall–Kier alpha value is -8.02. The van der Waals surface area contributed by atoms with E-state index in [0.717, 1.165) is 39.0 Å². The second kappa shape index (κ2) is 23.4. The normalized spacial score (nSPS) is 18.2. The van der Waals surface area contributed by atoms with Crippen LogP contribution in [0.4, 0.5) is 36.1 Å². The van der Waals surface area contributed by atoms with Crippen LogP contribution in [0.1, 0.15) is 91.9 Å². The summed E-state index contributed by atoms with van der Waals surface area (Å²) in [7, 11) is 0. The van der Waals surface area contributed by atoms with Gasteiger partial charge < -0.3 is 35.0 Å². The largest absolute Gasteiger partial charge is 0.407 e. The van der Waals surface area contributed by atoms with Gasteiger partial charge in [0.1, 0.15) is 29.1 Å². The van der Waals surface area contributed by atoms with Crippen LogP contribution in [-0.4, -0.2) is 116 Å². The summed E-state index contributed by atoms with van der Waals surface area (Å²) in [6.07, 6.45) is -4.08. The highest BCUT2D eigenvalue weighted by molar-refractivity contribution is 7.81. The molecule has 6 heterocycles. The molecule has 3 fully saturated rings. The van der Waals surface area contributed by atoms with E-state index >= 15 is 0 Å². The molecule has 3 aromatic carbocycles. The number of carbonyl (C=O) groups is 4. The van der Waals surface area contributed by atoms with Crippen molar-refractivity contribution in [2.24, 2.45) is 5.92 Å². The maximum atomic E-state index is 14.3. The van der Waals surface area contributed by atoms with E-state index in [-0.39, 0.29) is 54.6 Å². The molecule has 3 aliphatic heterocycles. The zero-order chi connectivity index (χ0) is 57.2. The van der Waals surface area contributed by atoms with Gasteiger partial charge in [0.05, 0.1) is 59.1 Å². The van der Waals surface area contributed by atoms with Crippen molar-refractivity contribution in [3.63, 3.8) is 0 Å². The first-order valence-corrected chi connectivity index (χ1v) is 27.2. The van der Waals surface area contributed by atoms with E-state index in [1.54, 1.807) is 67.7 Å². The molecular weight excluding hydrogens is 1070 g/mol. The number of alkyl halides is 3. The lowest BCUT2D eigenvalue weighted by atomic mass is 9.91. The summed E-state index contributed by atoms with van der Waals surface area (Å²) in [5, 5.41) is 20.9. The third kappa shape index (κ3) is 12.1. The fourth-order valence-electron chi connectivity index (χ4n) is 10.2. The van der Waals surface area contributed by atoms with Crippen LogP contribution in [0.3, 0.4) is 0 Å². The Morgan fingerprint density at radius 2 is 1.64 bits per heavy atom. The SMILES string of the molecule is [C-]#[N+]c1ccc(N2C(=O)C(C)(C)N(c3ccc(C#Cc4ccc(N5CCN(CNC(=O)C[C@H](NC(=O)[C@@H]6C[C@@H](O)CN6C(=O)[C@@H](c6cc(C)no6)C(C)C)c6ccc(-c7scnc7C)cc6)CC5)nc4)cc3)C2=S)cc1C(F)(F)F. The quantitative estimate of drug-likeness (QED) is 0.0536. The maximum absolute atomic E-state index is 14.3. The number of likely N-dealkylation sites (tertiary alicyclic amines) is 1. The highest BCUT2D eigenvalue weighted by atomic mass is 32.1. The molecule has 6 aromatic rings. The van der Waals surface area contributed by atoms with E-state index in [9.17, 15) is 37.5 Å². The number of hydrogen-bond donors (Lipinski definition) is 3. The smallest absolute Gasteiger partial charge is 0.391 e. The Bertz CT molecular complexity index is 3410. The molecule has 3 N–H and O–H groups in total. The number of β-amino-alcohol motifs (C(OH)–C–C–N with tert-alkyl or cyclic N) is 1. The van der Waals surface area contributed by atoms with Crippen LogP contribution in [-0.2, 0) is 25.4 Å². The monoisotopic (exact) mass is 1130 g/mol. The van der Waals surface area contributed by atoms with Crippen LogP contribution < -0.4 is 25.3 Å². The topological polar surface area (TPSA) is 185 Å². The molecule has 4 atom stereocenters. The number of halogens is 3. The number of anilines is 3. The molecule has 0 bridgehead atoms. The van der Waals surface area contributed by atoms with Crippen molar-refractivity contribution < 1.29 is 42.0 Å². The van der Waals surface area contributed by atoms with Crippen LogP contribution >= 0.6 is 23.6 Å². The number of rotatable bonds is 14. The fourth-order valence-corrected chi connectivity index (χ4v) is 11.6. The first-order valence-electron chi connectivity index (χ1n) is 25.9. The molecule has 3 saturated heterocycles. The first kappa shape index (κ1) is 56.7. The van der Waals surface area contributed by atoms with Gasteiger partial charge in [0, 0.05) is 73.9 Å². The number of amides is 4. The Kier molecular flexibility index (Phi) is 16.6. The second-order valence-electron chi connectivity index (χ2n) is 20.8. The van der Waals surface area contributed by atoms with Crippen molar-refractivity contribution in [1.29, 1.82) is 0 Å². The van der Waals surface area contributed by atoms with Gasteiger partial charge in [-0.2, -0.15) is 13.2 Å². The molecule has 22 heteroatoms. The van der Waals surface area contributed by atoms with Gasteiger partial charge in [0.2, 0.25) is 17.7 Å². The van der Waals surface area contributed by atoms with Crippen LogP contribution in [0.25, 0.3) is 15.3 Å². The van der Waals surface area contributed by atoms with Gasteiger partial charge in [0.15, 0.2) is 10.8 Å². The molecule has 0 unspecified atom stereocenters. The number of aromatic nitrogens is 3. The number of aryl methyl sites for hydroxylation is 2. The van der Waals surface area contributed by atoms with Gasteiger partial charge >= 0.3 is 6.18 Å². The van der Waals surface area contributed by atoms with Gasteiger partial charge in [0.25, 0.3) is 5.91 Å². The number of thiazole rings is 1. The number of thiocarbonyl (C=S) groups is 1. The third-order valence-corrected chi connectivity index (χ3v) is 15.9. The first-order chi connectivity index (χ1) is 38.1. The number of benzene rings is 3. The van der Waals surface area contributed by atoms with Gasteiger partial charge in [-0.1, -0.05) is 61.2 Å². The van der Waals surface area contributed by atoms with E-state index in [1.807, 2.05) is 57.2 Å². The summed E-state index contributed by atoms with van der Waals surface area (Å²) in [5.41, 5.74) is 3.78. The van der Waals surface area contributed by atoms with Crippen LogP contribution in [0, 0.1) is 38.2 Å². The molecule has 80 heavy (non-hydrogen) atoms. The predicted octanol–water partition coefficient (Wildman–Crippen LogP) is 8.54. The highest BCUT2D eigenvalue weighted by Crippen LogP contribution is 2.42. The van der Waals surface area contributed by atoms with Crippen LogP contribution in [0.15, 0.2) is 101 Å². The predicted molar refractivity (Wildman–Crippen MR) is 301 cm³/mol. The minimum atomic E-state index is -4.80. The molecule has 414 valence electrons. The molecule has 0 radical (unpaired) electrons. The summed E-state index contributed by atoms with van der Waals surface area (Å²) in [6.45, 7) is 20.7. The molecule has 9 rings (SSSR count). The number of carbonyl (C=O) groups excluding carboxylic acids is 4. The summed E-state index contributed by atoms with van der Waals surface area (Å²) >= 11 is 7.20. The van der Waals surface area contributed by atoms with Crippen molar-refractivity contribution in [3.05, 3.63) is 147 Å². The molecule has 0 spiro atoms. The number of nitrogens with one attached hydrogen (secondary N) is 2. The number of aliphatic hydroxyl groups is 1. The standard InChI is InChI=1S/C58H58F3N11O6S2/c1-34(2)51(48-26-35(3)67-78-48)54(76)70-31-43(73)28-47(70)53(75)66-46(39-13-15-40(16-14-39)52-36(4)65-33-80-52)29-50(74)64-32-68-22-24-69(25-23-68)49-21-12-38(30-63-49)9-8-37-10-17-41(18-11-37)72-56(79)71(55(77)57(72,5)6)42-19-20-45(62-7)44(27-42)58(59,60)61/h10-21,26-27,30,33-34,43,46-47,51,73H,22-25,28-29,31-32H2,1-6H3,(H,64,74)(H,66,75)/t43-,46+,47+,51-/m1/s1. The average Bonchev–Trinajstić information content (AvgIpc) is 4.24. The lowest BCUT2D eigenvalue weighted by molar-refractivity contribution is -0.141. The summed E-state index contributed by atoms with van der Waals surface area (Å²) in [4.78, 5) is 77.3. The summed E-state index contributed by atoms with van der Waals surface area (Å²) in [5.74, 6) is 4.89. The van der Waals surface area contributed by atoms with Gasteiger partial charge in [-0.3, -0.25) is 29.0 Å². The van der Waals surface area contributed by atoms with Crippen molar-refractivity contribution in [3.8, 4) is 22.3 Å².